The molecule has 2 rings (SSSR count). The maximum absolute atomic E-state index is 12.2. The Labute approximate surface area is 115 Å². The van der Waals surface area contributed by atoms with Gasteiger partial charge in [0.05, 0.1) is 18.0 Å². The minimum absolute atomic E-state index is 0.217. The number of carbonyl (C=O) groups excluding carboxylic acids is 1. The van der Waals surface area contributed by atoms with E-state index in [1.165, 1.54) is 22.0 Å². The molecule has 0 saturated carbocycles. The number of rotatable bonds is 5. The molecular formula is C12H15N5O3. The third-order valence-corrected chi connectivity index (χ3v) is 2.70. The van der Waals surface area contributed by atoms with Gasteiger partial charge in [0.25, 0.3) is 5.91 Å². The van der Waals surface area contributed by atoms with Gasteiger partial charge in [-0.05, 0) is 0 Å². The highest BCUT2D eigenvalue weighted by molar-refractivity contribution is 5.93. The number of aryl methyl sites for hydroxylation is 1. The highest BCUT2D eigenvalue weighted by atomic mass is 16.4. The van der Waals surface area contributed by atoms with Gasteiger partial charge in [0, 0.05) is 38.6 Å². The van der Waals surface area contributed by atoms with Gasteiger partial charge < -0.3 is 10.0 Å². The smallest absolute Gasteiger partial charge is 0.325 e. The number of aromatic nitrogens is 4. The lowest BCUT2D eigenvalue weighted by molar-refractivity contribution is -0.137. The van der Waals surface area contributed by atoms with Crippen LogP contribution in [-0.4, -0.2) is 48.5 Å². The van der Waals surface area contributed by atoms with Crippen LogP contribution in [0.2, 0.25) is 0 Å². The number of aliphatic carboxylic acids is 1. The fraction of sp³-hybridized carbons (Fsp3) is 0.333. The van der Waals surface area contributed by atoms with E-state index in [-0.39, 0.29) is 12.5 Å². The van der Waals surface area contributed by atoms with Crippen molar-refractivity contribution in [1.82, 2.24) is 24.5 Å². The Balaban J connectivity index is 2.02. The fourth-order valence-electron chi connectivity index (χ4n) is 1.82. The second-order valence-electron chi connectivity index (χ2n) is 4.50. The van der Waals surface area contributed by atoms with Crippen LogP contribution in [0.3, 0.4) is 0 Å². The second kappa shape index (κ2) is 5.55. The molecule has 0 saturated heterocycles. The summed E-state index contributed by atoms with van der Waals surface area (Å²) in [5.41, 5.74) is 1.28. The predicted molar refractivity (Wildman–Crippen MR) is 68.9 cm³/mol. The van der Waals surface area contributed by atoms with Gasteiger partial charge in [0.1, 0.15) is 6.54 Å². The summed E-state index contributed by atoms with van der Waals surface area (Å²) in [6.45, 7) is 0.163. The first-order valence-electron chi connectivity index (χ1n) is 5.93. The lowest BCUT2D eigenvalue weighted by Crippen LogP contribution is -2.25. The number of amides is 1. The molecule has 0 aromatic carbocycles. The largest absolute Gasteiger partial charge is 0.480 e. The molecule has 106 valence electrons. The molecule has 1 N–H and O–H groups in total. The minimum atomic E-state index is -1.00. The van der Waals surface area contributed by atoms with Crippen LogP contribution in [-0.2, 0) is 24.9 Å². The summed E-state index contributed by atoms with van der Waals surface area (Å²) in [6.07, 6.45) is 6.32. The highest BCUT2D eigenvalue weighted by Crippen LogP contribution is 2.07. The summed E-state index contributed by atoms with van der Waals surface area (Å²) in [7, 11) is 3.48. The summed E-state index contributed by atoms with van der Waals surface area (Å²) in [5.74, 6) is -1.22. The summed E-state index contributed by atoms with van der Waals surface area (Å²) in [5, 5.41) is 16.5. The number of carboxylic acids is 1. The number of carboxylic acid groups (broad SMARTS) is 1. The Bertz CT molecular complexity index is 631. The molecule has 2 aromatic heterocycles. The first-order valence-corrected chi connectivity index (χ1v) is 5.93. The van der Waals surface area contributed by atoms with Crippen molar-refractivity contribution in [2.24, 2.45) is 7.05 Å². The Hall–Kier alpha value is -2.64. The summed E-state index contributed by atoms with van der Waals surface area (Å²) >= 11 is 0. The quantitative estimate of drug-likeness (QED) is 0.828. The zero-order valence-electron chi connectivity index (χ0n) is 11.2. The lowest BCUT2D eigenvalue weighted by Gasteiger charge is -2.14. The molecule has 2 heterocycles. The Kier molecular flexibility index (Phi) is 3.83. The summed E-state index contributed by atoms with van der Waals surface area (Å²) < 4.78 is 2.88. The van der Waals surface area contributed by atoms with Crippen molar-refractivity contribution in [2.75, 3.05) is 7.05 Å². The van der Waals surface area contributed by atoms with Crippen LogP contribution in [0.1, 0.15) is 15.9 Å². The van der Waals surface area contributed by atoms with Crippen LogP contribution in [0.4, 0.5) is 0 Å². The molecule has 0 unspecified atom stereocenters. The van der Waals surface area contributed by atoms with Crippen molar-refractivity contribution in [3.8, 4) is 0 Å². The van der Waals surface area contributed by atoms with E-state index in [0.29, 0.717) is 12.1 Å². The number of hydrogen-bond donors (Lipinski definition) is 1. The average molecular weight is 277 g/mol. The molecule has 0 bridgehead atoms. The molecule has 8 nitrogen and oxygen atoms in total. The average Bonchev–Trinajstić information content (AvgIpc) is 2.97. The Morgan fingerprint density at radius 1 is 1.30 bits per heavy atom. The van der Waals surface area contributed by atoms with E-state index in [0.717, 1.165) is 5.56 Å². The van der Waals surface area contributed by atoms with Gasteiger partial charge in [-0.3, -0.25) is 19.0 Å². The van der Waals surface area contributed by atoms with E-state index in [1.54, 1.807) is 25.0 Å². The first kappa shape index (κ1) is 13.8. The van der Waals surface area contributed by atoms with Gasteiger partial charge in [-0.1, -0.05) is 0 Å². The van der Waals surface area contributed by atoms with Crippen LogP contribution in [0.5, 0.6) is 0 Å². The van der Waals surface area contributed by atoms with Crippen molar-refractivity contribution in [3.05, 3.63) is 35.9 Å². The van der Waals surface area contributed by atoms with E-state index < -0.39 is 5.97 Å². The molecular weight excluding hydrogens is 262 g/mol. The van der Waals surface area contributed by atoms with Gasteiger partial charge in [-0.15, -0.1) is 0 Å². The van der Waals surface area contributed by atoms with Crippen LogP contribution < -0.4 is 0 Å². The van der Waals surface area contributed by atoms with Crippen molar-refractivity contribution in [1.29, 1.82) is 0 Å². The van der Waals surface area contributed by atoms with Crippen LogP contribution in [0.15, 0.2) is 24.8 Å². The standard InChI is InChI=1S/C12H15N5O3/c1-15(5-9-3-13-16(2)6-9)12(20)10-4-14-17(7-10)8-11(18)19/h3-4,6-7H,5,8H2,1-2H3,(H,18,19). The van der Waals surface area contributed by atoms with Crippen molar-refractivity contribution >= 4 is 11.9 Å². The minimum Gasteiger partial charge on any atom is -0.480 e. The molecule has 1 amide bonds. The SMILES string of the molecule is CN(Cc1cnn(C)c1)C(=O)c1cnn(CC(=O)O)c1. The monoisotopic (exact) mass is 277 g/mol. The zero-order valence-corrected chi connectivity index (χ0v) is 11.2. The second-order valence-corrected chi connectivity index (χ2v) is 4.50. The first-order chi connectivity index (χ1) is 9.45. The molecule has 8 heteroatoms. The van der Waals surface area contributed by atoms with Crippen molar-refractivity contribution in [2.45, 2.75) is 13.1 Å². The molecule has 0 spiro atoms. The molecule has 0 aliphatic carbocycles. The van der Waals surface area contributed by atoms with E-state index >= 15 is 0 Å². The number of hydrogen-bond acceptors (Lipinski definition) is 4. The van der Waals surface area contributed by atoms with Gasteiger partial charge in [0.15, 0.2) is 0 Å². The third-order valence-electron chi connectivity index (χ3n) is 2.70. The van der Waals surface area contributed by atoms with Gasteiger partial charge >= 0.3 is 5.97 Å². The van der Waals surface area contributed by atoms with E-state index in [1.807, 2.05) is 6.20 Å². The molecule has 0 radical (unpaired) electrons. The summed E-state index contributed by atoms with van der Waals surface area (Å²) in [4.78, 5) is 24.2. The number of nitrogens with zero attached hydrogens (tertiary/aromatic N) is 5. The van der Waals surface area contributed by atoms with Gasteiger partial charge in [0.2, 0.25) is 0 Å². The van der Waals surface area contributed by atoms with Crippen LogP contribution >= 0.6 is 0 Å². The van der Waals surface area contributed by atoms with E-state index in [4.69, 9.17) is 5.11 Å². The molecule has 0 atom stereocenters. The molecule has 0 aliphatic heterocycles. The molecule has 0 aliphatic rings. The molecule has 2 aromatic rings. The van der Waals surface area contributed by atoms with Crippen molar-refractivity contribution in [3.63, 3.8) is 0 Å². The maximum Gasteiger partial charge on any atom is 0.325 e. The molecule has 0 fully saturated rings. The topological polar surface area (TPSA) is 93.3 Å². The van der Waals surface area contributed by atoms with Gasteiger partial charge in [-0.2, -0.15) is 10.2 Å². The lowest BCUT2D eigenvalue weighted by atomic mass is 10.3. The molecule has 20 heavy (non-hydrogen) atoms. The fourth-order valence-corrected chi connectivity index (χ4v) is 1.82. The normalized spacial score (nSPS) is 10.5. The predicted octanol–water partition coefficient (Wildman–Crippen LogP) is -0.0266. The Morgan fingerprint density at radius 2 is 2.05 bits per heavy atom. The van der Waals surface area contributed by atoms with Crippen LogP contribution in [0, 0.1) is 0 Å². The van der Waals surface area contributed by atoms with E-state index in [2.05, 4.69) is 10.2 Å². The van der Waals surface area contributed by atoms with Crippen LogP contribution in [0.25, 0.3) is 0 Å². The highest BCUT2D eigenvalue weighted by Gasteiger charge is 2.15. The third kappa shape index (κ3) is 3.22. The number of carbonyl (C=O) groups is 2. The van der Waals surface area contributed by atoms with E-state index in [9.17, 15) is 9.59 Å². The summed E-state index contributed by atoms with van der Waals surface area (Å²) in [6, 6.07) is 0. The Morgan fingerprint density at radius 3 is 2.65 bits per heavy atom. The zero-order chi connectivity index (χ0) is 14.7. The van der Waals surface area contributed by atoms with Crippen molar-refractivity contribution < 1.29 is 14.7 Å². The van der Waals surface area contributed by atoms with Gasteiger partial charge in [-0.25, -0.2) is 0 Å². The maximum atomic E-state index is 12.2.